The van der Waals surface area contributed by atoms with E-state index < -0.39 is 6.10 Å². The largest absolute Gasteiger partial charge is 0.467 e. The molecule has 0 aromatic carbocycles. The maximum Gasteiger partial charge on any atom is 0.132 e. The van der Waals surface area contributed by atoms with Crippen molar-refractivity contribution in [3.05, 3.63) is 24.2 Å². The smallest absolute Gasteiger partial charge is 0.132 e. The molecule has 1 saturated heterocycles. The summed E-state index contributed by atoms with van der Waals surface area (Å²) in [5, 5.41) is 13.6. The standard InChI is InChI=1S/C13H19NO2/c15-12(13-5-2-6-16-13)7-11-10-4-1-3-9(10)8-14-11/h2,5-6,9-12,14-15H,1,3-4,7-8H2. The molecule has 1 saturated carbocycles. The van der Waals surface area contributed by atoms with Crippen molar-refractivity contribution in [2.24, 2.45) is 11.8 Å². The molecule has 2 fully saturated rings. The van der Waals surface area contributed by atoms with Crippen molar-refractivity contribution in [3.63, 3.8) is 0 Å². The molecule has 2 N–H and O–H groups in total. The maximum atomic E-state index is 10.1. The molecular weight excluding hydrogens is 202 g/mol. The van der Waals surface area contributed by atoms with Gasteiger partial charge >= 0.3 is 0 Å². The number of rotatable bonds is 3. The summed E-state index contributed by atoms with van der Waals surface area (Å²) in [5.74, 6) is 2.33. The fourth-order valence-electron chi connectivity index (χ4n) is 3.40. The third kappa shape index (κ3) is 1.78. The van der Waals surface area contributed by atoms with Crippen LogP contribution in [-0.2, 0) is 0 Å². The van der Waals surface area contributed by atoms with E-state index in [-0.39, 0.29) is 0 Å². The highest BCUT2D eigenvalue weighted by molar-refractivity contribution is 5.04. The first-order chi connectivity index (χ1) is 7.84. The van der Waals surface area contributed by atoms with Gasteiger partial charge in [-0.25, -0.2) is 0 Å². The van der Waals surface area contributed by atoms with Crippen LogP contribution in [0.5, 0.6) is 0 Å². The van der Waals surface area contributed by atoms with Crippen LogP contribution < -0.4 is 5.32 Å². The Morgan fingerprint density at radius 2 is 2.44 bits per heavy atom. The molecule has 4 unspecified atom stereocenters. The van der Waals surface area contributed by atoms with Crippen molar-refractivity contribution in [2.45, 2.75) is 37.8 Å². The maximum absolute atomic E-state index is 10.1. The average molecular weight is 221 g/mol. The summed E-state index contributed by atoms with van der Waals surface area (Å²) in [7, 11) is 0. The highest BCUT2D eigenvalue weighted by Gasteiger charge is 2.39. The number of hydrogen-bond acceptors (Lipinski definition) is 3. The molecule has 3 heteroatoms. The van der Waals surface area contributed by atoms with E-state index in [0.717, 1.165) is 24.8 Å². The normalized spacial score (nSPS) is 35.2. The van der Waals surface area contributed by atoms with Gasteiger partial charge < -0.3 is 14.8 Å². The topological polar surface area (TPSA) is 45.4 Å². The summed E-state index contributed by atoms with van der Waals surface area (Å²) in [6.45, 7) is 1.14. The van der Waals surface area contributed by atoms with E-state index in [1.54, 1.807) is 6.26 Å². The average Bonchev–Trinajstić information content (AvgIpc) is 2.94. The van der Waals surface area contributed by atoms with Crippen molar-refractivity contribution in [2.75, 3.05) is 6.54 Å². The number of aliphatic hydroxyl groups excluding tert-OH is 1. The van der Waals surface area contributed by atoms with Gasteiger partial charge in [-0.2, -0.15) is 0 Å². The molecule has 4 atom stereocenters. The quantitative estimate of drug-likeness (QED) is 0.821. The van der Waals surface area contributed by atoms with Gasteiger partial charge in [0.05, 0.1) is 6.26 Å². The van der Waals surface area contributed by atoms with Gasteiger partial charge in [0.1, 0.15) is 11.9 Å². The molecule has 1 aromatic heterocycles. The number of nitrogens with one attached hydrogen (secondary N) is 1. The van der Waals surface area contributed by atoms with Crippen LogP contribution in [0.4, 0.5) is 0 Å². The predicted octanol–water partition coefficient (Wildman–Crippen LogP) is 2.09. The summed E-state index contributed by atoms with van der Waals surface area (Å²) in [4.78, 5) is 0. The molecule has 0 amide bonds. The third-order valence-electron chi connectivity index (χ3n) is 4.23. The minimum atomic E-state index is -0.452. The number of aliphatic hydroxyl groups is 1. The van der Waals surface area contributed by atoms with Crippen molar-refractivity contribution >= 4 is 0 Å². The van der Waals surface area contributed by atoms with Crippen molar-refractivity contribution in [3.8, 4) is 0 Å². The zero-order valence-corrected chi connectivity index (χ0v) is 9.43. The lowest BCUT2D eigenvalue weighted by molar-refractivity contribution is 0.121. The number of furan rings is 1. The fourth-order valence-corrected chi connectivity index (χ4v) is 3.40. The lowest BCUT2D eigenvalue weighted by Crippen LogP contribution is -2.28. The summed E-state index contributed by atoms with van der Waals surface area (Å²) >= 11 is 0. The second-order valence-corrected chi connectivity index (χ2v) is 5.14. The van der Waals surface area contributed by atoms with E-state index in [2.05, 4.69) is 5.32 Å². The van der Waals surface area contributed by atoms with Gasteiger partial charge in [-0.15, -0.1) is 0 Å². The van der Waals surface area contributed by atoms with Crippen LogP contribution in [0.2, 0.25) is 0 Å². The summed E-state index contributed by atoms with van der Waals surface area (Å²) < 4.78 is 5.24. The van der Waals surface area contributed by atoms with Crippen LogP contribution in [0.25, 0.3) is 0 Å². The van der Waals surface area contributed by atoms with E-state index in [9.17, 15) is 5.11 Å². The Balaban J connectivity index is 1.62. The molecule has 1 aliphatic carbocycles. The van der Waals surface area contributed by atoms with Gasteiger partial charge in [0, 0.05) is 6.04 Å². The van der Waals surface area contributed by atoms with E-state index in [4.69, 9.17) is 4.42 Å². The second kappa shape index (κ2) is 4.22. The summed E-state index contributed by atoms with van der Waals surface area (Å²) in [6.07, 6.45) is 6.02. The lowest BCUT2D eigenvalue weighted by atomic mass is 9.90. The monoisotopic (exact) mass is 221 g/mol. The second-order valence-electron chi connectivity index (χ2n) is 5.14. The number of fused-ring (bicyclic) bond motifs is 1. The first kappa shape index (κ1) is 10.4. The molecule has 16 heavy (non-hydrogen) atoms. The van der Waals surface area contributed by atoms with E-state index in [1.807, 2.05) is 12.1 Å². The van der Waals surface area contributed by atoms with Crippen molar-refractivity contribution < 1.29 is 9.52 Å². The van der Waals surface area contributed by atoms with Gasteiger partial charge in [0.25, 0.3) is 0 Å². The molecule has 1 aliphatic heterocycles. The van der Waals surface area contributed by atoms with Crippen LogP contribution in [0, 0.1) is 11.8 Å². The molecule has 0 bridgehead atoms. The predicted molar refractivity (Wildman–Crippen MR) is 60.9 cm³/mol. The molecule has 1 aromatic rings. The Labute approximate surface area is 95.8 Å². The Hall–Kier alpha value is -0.800. The van der Waals surface area contributed by atoms with Crippen LogP contribution >= 0.6 is 0 Å². The third-order valence-corrected chi connectivity index (χ3v) is 4.23. The molecule has 3 nitrogen and oxygen atoms in total. The lowest BCUT2D eigenvalue weighted by Gasteiger charge is -2.20. The minimum absolute atomic E-state index is 0.452. The Morgan fingerprint density at radius 1 is 1.50 bits per heavy atom. The van der Waals surface area contributed by atoms with E-state index >= 15 is 0 Å². The van der Waals surface area contributed by atoms with Gasteiger partial charge in [0.15, 0.2) is 0 Å². The number of hydrogen-bond donors (Lipinski definition) is 2. The van der Waals surface area contributed by atoms with Gasteiger partial charge in [0.2, 0.25) is 0 Å². The summed E-state index contributed by atoms with van der Waals surface area (Å²) in [5.41, 5.74) is 0. The molecule has 0 radical (unpaired) electrons. The van der Waals surface area contributed by atoms with Crippen molar-refractivity contribution in [1.82, 2.24) is 5.32 Å². The molecule has 0 spiro atoms. The van der Waals surface area contributed by atoms with E-state index in [1.165, 1.54) is 19.3 Å². The van der Waals surface area contributed by atoms with Crippen LogP contribution in [0.15, 0.2) is 22.8 Å². The first-order valence-electron chi connectivity index (χ1n) is 6.29. The molecule has 2 aliphatic rings. The van der Waals surface area contributed by atoms with Crippen LogP contribution in [0.1, 0.15) is 37.5 Å². The fraction of sp³-hybridized carbons (Fsp3) is 0.692. The zero-order chi connectivity index (χ0) is 11.0. The van der Waals surface area contributed by atoms with Gasteiger partial charge in [-0.05, 0) is 49.8 Å². The minimum Gasteiger partial charge on any atom is -0.467 e. The van der Waals surface area contributed by atoms with Crippen LogP contribution in [-0.4, -0.2) is 17.7 Å². The zero-order valence-electron chi connectivity index (χ0n) is 9.43. The SMILES string of the molecule is OC(CC1NCC2CCCC21)c1ccco1. The molecule has 2 heterocycles. The Bertz CT molecular complexity index is 336. The Kier molecular flexibility index (Phi) is 2.74. The van der Waals surface area contributed by atoms with E-state index in [0.29, 0.717) is 11.8 Å². The van der Waals surface area contributed by atoms with Crippen molar-refractivity contribution in [1.29, 1.82) is 0 Å². The highest BCUT2D eigenvalue weighted by Crippen LogP contribution is 2.40. The molecular formula is C13H19NO2. The highest BCUT2D eigenvalue weighted by atomic mass is 16.4. The van der Waals surface area contributed by atoms with Gasteiger partial charge in [-0.3, -0.25) is 0 Å². The molecule has 3 rings (SSSR count). The summed E-state index contributed by atoms with van der Waals surface area (Å²) in [6, 6.07) is 4.16. The molecule has 88 valence electrons. The van der Waals surface area contributed by atoms with Crippen LogP contribution in [0.3, 0.4) is 0 Å². The Morgan fingerprint density at radius 3 is 3.25 bits per heavy atom. The first-order valence-corrected chi connectivity index (χ1v) is 6.29. The van der Waals surface area contributed by atoms with Gasteiger partial charge in [-0.1, -0.05) is 6.42 Å².